The highest BCUT2D eigenvalue weighted by Gasteiger charge is 2.21. The fourth-order valence-corrected chi connectivity index (χ4v) is 5.41. The summed E-state index contributed by atoms with van der Waals surface area (Å²) in [5.41, 5.74) is 0. The summed E-state index contributed by atoms with van der Waals surface area (Å²) in [6.45, 7) is 4.62. The third-order valence-corrected chi connectivity index (χ3v) is 7.32. The standard InChI is InChI=1S/C28H56/c1-3-5-7-9-11-13-14-16-18-20-23-28-25-21-24-27(26-28)22-19-17-15-12-10-8-6-4-2/h27-28H,3-26H2,1-2H3. The van der Waals surface area contributed by atoms with Gasteiger partial charge in [-0.25, -0.2) is 0 Å². The summed E-state index contributed by atoms with van der Waals surface area (Å²) in [5, 5.41) is 0. The van der Waals surface area contributed by atoms with Crippen LogP contribution < -0.4 is 0 Å². The van der Waals surface area contributed by atoms with Gasteiger partial charge in [-0.1, -0.05) is 162 Å². The van der Waals surface area contributed by atoms with Crippen LogP contribution in [0.1, 0.15) is 168 Å². The zero-order chi connectivity index (χ0) is 20.1. The van der Waals surface area contributed by atoms with Crippen molar-refractivity contribution in [3.05, 3.63) is 0 Å². The molecule has 0 aromatic heterocycles. The Bertz CT molecular complexity index is 294. The summed E-state index contributed by atoms with van der Waals surface area (Å²) in [4.78, 5) is 0. The smallest absolute Gasteiger partial charge is 0.0412 e. The second kappa shape index (κ2) is 20.3. The molecule has 0 bridgehead atoms. The summed E-state index contributed by atoms with van der Waals surface area (Å²) >= 11 is 0. The van der Waals surface area contributed by atoms with Gasteiger partial charge < -0.3 is 0 Å². The van der Waals surface area contributed by atoms with Crippen molar-refractivity contribution in [2.75, 3.05) is 0 Å². The second-order valence-electron chi connectivity index (χ2n) is 10.1. The first-order chi connectivity index (χ1) is 13.9. The highest BCUT2D eigenvalue weighted by atomic mass is 14.3. The maximum absolute atomic E-state index is 2.31. The Labute approximate surface area is 180 Å². The molecule has 1 saturated carbocycles. The minimum atomic E-state index is 1.09. The van der Waals surface area contributed by atoms with Crippen LogP contribution in [0.2, 0.25) is 0 Å². The van der Waals surface area contributed by atoms with Gasteiger partial charge in [0.25, 0.3) is 0 Å². The van der Waals surface area contributed by atoms with E-state index in [0.29, 0.717) is 0 Å². The SMILES string of the molecule is CCCCCCCCCCCCC1CCCC(CCCCCCCCCC)C1. The monoisotopic (exact) mass is 392 g/mol. The molecular formula is C28H56. The van der Waals surface area contributed by atoms with Crippen LogP contribution in [0.4, 0.5) is 0 Å². The predicted molar refractivity (Wildman–Crippen MR) is 129 cm³/mol. The minimum absolute atomic E-state index is 1.09. The van der Waals surface area contributed by atoms with Crippen molar-refractivity contribution in [2.45, 2.75) is 168 Å². The molecule has 1 aliphatic carbocycles. The van der Waals surface area contributed by atoms with E-state index in [9.17, 15) is 0 Å². The van der Waals surface area contributed by atoms with Crippen molar-refractivity contribution in [2.24, 2.45) is 11.8 Å². The molecule has 0 heteroatoms. The maximum atomic E-state index is 2.31. The lowest BCUT2D eigenvalue weighted by atomic mass is 9.77. The fourth-order valence-electron chi connectivity index (χ4n) is 5.41. The fraction of sp³-hybridized carbons (Fsp3) is 1.00. The van der Waals surface area contributed by atoms with E-state index in [1.165, 1.54) is 122 Å². The van der Waals surface area contributed by atoms with E-state index in [2.05, 4.69) is 13.8 Å². The molecule has 2 atom stereocenters. The van der Waals surface area contributed by atoms with Gasteiger partial charge >= 0.3 is 0 Å². The molecule has 0 N–H and O–H groups in total. The number of rotatable bonds is 20. The molecule has 0 nitrogen and oxygen atoms in total. The van der Waals surface area contributed by atoms with Crippen molar-refractivity contribution >= 4 is 0 Å². The van der Waals surface area contributed by atoms with Gasteiger partial charge in [0.15, 0.2) is 0 Å². The van der Waals surface area contributed by atoms with Crippen LogP contribution in [0.5, 0.6) is 0 Å². The summed E-state index contributed by atoms with van der Waals surface area (Å²) in [5.74, 6) is 2.17. The normalized spacial score (nSPS) is 19.9. The van der Waals surface area contributed by atoms with Crippen molar-refractivity contribution in [1.82, 2.24) is 0 Å². The Kier molecular flexibility index (Phi) is 18.9. The van der Waals surface area contributed by atoms with Gasteiger partial charge in [0, 0.05) is 0 Å². The van der Waals surface area contributed by atoms with E-state index in [1.54, 1.807) is 32.1 Å². The molecule has 0 heterocycles. The average Bonchev–Trinajstić information content (AvgIpc) is 2.72. The Morgan fingerprint density at radius 2 is 0.750 bits per heavy atom. The summed E-state index contributed by atoms with van der Waals surface area (Å²) in [6.07, 6.45) is 35.9. The predicted octanol–water partition coefficient (Wildman–Crippen LogP) is 10.6. The number of hydrogen-bond acceptors (Lipinski definition) is 0. The van der Waals surface area contributed by atoms with Gasteiger partial charge in [-0.05, 0) is 18.3 Å². The molecule has 0 aliphatic heterocycles. The second-order valence-corrected chi connectivity index (χ2v) is 10.1. The topological polar surface area (TPSA) is 0 Å². The molecule has 1 aliphatic rings. The molecule has 0 aromatic rings. The first-order valence-corrected chi connectivity index (χ1v) is 13.9. The zero-order valence-electron chi connectivity index (χ0n) is 20.1. The molecular weight excluding hydrogens is 336 g/mol. The molecule has 2 unspecified atom stereocenters. The van der Waals surface area contributed by atoms with E-state index in [0.717, 1.165) is 11.8 Å². The summed E-state index contributed by atoms with van der Waals surface area (Å²) < 4.78 is 0. The largest absolute Gasteiger partial charge is 0.0654 e. The summed E-state index contributed by atoms with van der Waals surface area (Å²) in [6, 6.07) is 0. The van der Waals surface area contributed by atoms with Gasteiger partial charge in [0.05, 0.1) is 0 Å². The lowest BCUT2D eigenvalue weighted by molar-refractivity contribution is 0.235. The molecule has 168 valence electrons. The highest BCUT2D eigenvalue weighted by Crippen LogP contribution is 2.35. The van der Waals surface area contributed by atoms with Crippen molar-refractivity contribution in [1.29, 1.82) is 0 Å². The first kappa shape index (κ1) is 26.0. The lowest BCUT2D eigenvalue weighted by Gasteiger charge is -2.29. The number of hydrogen-bond donors (Lipinski definition) is 0. The highest BCUT2D eigenvalue weighted by molar-refractivity contribution is 4.73. The van der Waals surface area contributed by atoms with E-state index in [4.69, 9.17) is 0 Å². The lowest BCUT2D eigenvalue weighted by Crippen LogP contribution is -2.15. The van der Waals surface area contributed by atoms with Crippen LogP contribution in [0.25, 0.3) is 0 Å². The summed E-state index contributed by atoms with van der Waals surface area (Å²) in [7, 11) is 0. The van der Waals surface area contributed by atoms with Crippen LogP contribution in [-0.2, 0) is 0 Å². The molecule has 0 amide bonds. The van der Waals surface area contributed by atoms with E-state index < -0.39 is 0 Å². The van der Waals surface area contributed by atoms with E-state index in [-0.39, 0.29) is 0 Å². The molecule has 1 rings (SSSR count). The molecule has 0 aromatic carbocycles. The Morgan fingerprint density at radius 1 is 0.429 bits per heavy atom. The Balaban J connectivity index is 1.88. The molecule has 0 saturated heterocycles. The zero-order valence-corrected chi connectivity index (χ0v) is 20.1. The van der Waals surface area contributed by atoms with Crippen LogP contribution >= 0.6 is 0 Å². The van der Waals surface area contributed by atoms with Crippen LogP contribution in [-0.4, -0.2) is 0 Å². The van der Waals surface area contributed by atoms with Gasteiger partial charge in [0.1, 0.15) is 0 Å². The average molecular weight is 393 g/mol. The van der Waals surface area contributed by atoms with Gasteiger partial charge in [-0.15, -0.1) is 0 Å². The Hall–Kier alpha value is 0. The third kappa shape index (κ3) is 15.9. The van der Waals surface area contributed by atoms with Gasteiger partial charge in [0.2, 0.25) is 0 Å². The molecule has 1 fully saturated rings. The maximum Gasteiger partial charge on any atom is -0.0412 e. The molecule has 0 spiro atoms. The van der Waals surface area contributed by atoms with E-state index >= 15 is 0 Å². The quantitative estimate of drug-likeness (QED) is 0.181. The van der Waals surface area contributed by atoms with Gasteiger partial charge in [-0.2, -0.15) is 0 Å². The minimum Gasteiger partial charge on any atom is -0.0654 e. The van der Waals surface area contributed by atoms with Crippen LogP contribution in [0.15, 0.2) is 0 Å². The third-order valence-electron chi connectivity index (χ3n) is 7.32. The van der Waals surface area contributed by atoms with Crippen molar-refractivity contribution in [3.63, 3.8) is 0 Å². The number of unbranched alkanes of at least 4 members (excludes halogenated alkanes) is 16. The first-order valence-electron chi connectivity index (χ1n) is 13.9. The molecule has 28 heavy (non-hydrogen) atoms. The van der Waals surface area contributed by atoms with Crippen LogP contribution in [0.3, 0.4) is 0 Å². The molecule has 0 radical (unpaired) electrons. The van der Waals surface area contributed by atoms with Gasteiger partial charge in [-0.3, -0.25) is 0 Å². The van der Waals surface area contributed by atoms with Crippen LogP contribution in [0, 0.1) is 11.8 Å². The van der Waals surface area contributed by atoms with E-state index in [1.807, 2.05) is 0 Å². The Morgan fingerprint density at radius 3 is 1.11 bits per heavy atom. The van der Waals surface area contributed by atoms with Crippen molar-refractivity contribution in [3.8, 4) is 0 Å². The van der Waals surface area contributed by atoms with Crippen molar-refractivity contribution < 1.29 is 0 Å².